The molecule has 1 aromatic carbocycles. The van der Waals surface area contributed by atoms with Gasteiger partial charge in [-0.25, -0.2) is 4.98 Å². The minimum absolute atomic E-state index is 0.0737. The number of amides is 1. The quantitative estimate of drug-likeness (QED) is 0.761. The summed E-state index contributed by atoms with van der Waals surface area (Å²) in [5.74, 6) is 0.999. The molecule has 2 aromatic heterocycles. The lowest BCUT2D eigenvalue weighted by molar-refractivity contribution is -0.116. The summed E-state index contributed by atoms with van der Waals surface area (Å²) >= 11 is 1.48. The first-order chi connectivity index (χ1) is 12.0. The van der Waals surface area contributed by atoms with Crippen LogP contribution in [0, 0.1) is 13.8 Å². The average molecular weight is 357 g/mol. The molecule has 3 rings (SSSR count). The number of rotatable bonds is 5. The molecule has 0 saturated heterocycles. The zero-order valence-electron chi connectivity index (χ0n) is 14.3. The molecular formula is C18H19N3O3S. The predicted molar refractivity (Wildman–Crippen MR) is 99.6 cm³/mol. The van der Waals surface area contributed by atoms with E-state index >= 15 is 0 Å². The lowest BCUT2D eigenvalue weighted by Gasteiger charge is -2.10. The maximum atomic E-state index is 12.6. The van der Waals surface area contributed by atoms with Crippen LogP contribution < -0.4 is 15.6 Å². The van der Waals surface area contributed by atoms with Crippen molar-refractivity contribution in [3.8, 4) is 5.75 Å². The van der Waals surface area contributed by atoms with E-state index in [0.29, 0.717) is 28.3 Å². The lowest BCUT2D eigenvalue weighted by atomic mass is 10.3. The van der Waals surface area contributed by atoms with Gasteiger partial charge in [0.05, 0.1) is 12.0 Å². The minimum Gasteiger partial charge on any atom is -0.494 e. The molecule has 130 valence electrons. The van der Waals surface area contributed by atoms with Gasteiger partial charge in [0, 0.05) is 10.6 Å². The first-order valence-corrected chi connectivity index (χ1v) is 8.80. The van der Waals surface area contributed by atoms with Crippen LogP contribution >= 0.6 is 11.3 Å². The zero-order valence-corrected chi connectivity index (χ0v) is 15.1. The number of fused-ring (bicyclic) bond motifs is 1. The number of aromatic nitrogens is 2. The van der Waals surface area contributed by atoms with Gasteiger partial charge in [-0.3, -0.25) is 14.2 Å². The third kappa shape index (κ3) is 3.71. The Morgan fingerprint density at radius 1 is 1.28 bits per heavy atom. The molecule has 25 heavy (non-hydrogen) atoms. The molecule has 2 heterocycles. The van der Waals surface area contributed by atoms with Gasteiger partial charge in [0.2, 0.25) is 5.91 Å². The van der Waals surface area contributed by atoms with E-state index in [4.69, 9.17) is 4.74 Å². The topological polar surface area (TPSA) is 73.2 Å². The Labute approximate surface area is 149 Å². The fraction of sp³-hybridized carbons (Fsp3) is 0.278. The number of benzene rings is 1. The number of hydrogen-bond acceptors (Lipinski definition) is 5. The number of carbonyl (C=O) groups excluding carboxylic acids is 1. The van der Waals surface area contributed by atoms with Gasteiger partial charge in [-0.15, -0.1) is 11.3 Å². The van der Waals surface area contributed by atoms with Crippen molar-refractivity contribution in [2.45, 2.75) is 27.3 Å². The molecule has 0 aliphatic carbocycles. The normalized spacial score (nSPS) is 10.8. The standard InChI is InChI=1S/C18H19N3O3S/c1-4-24-14-7-5-13(6-8-14)20-16(22)10-21-12(3)19-17-15(18(21)23)9-11(2)25-17/h5-9H,4,10H2,1-3H3,(H,20,22). The fourth-order valence-corrected chi connectivity index (χ4v) is 3.49. The molecule has 0 saturated carbocycles. The van der Waals surface area contributed by atoms with Crippen molar-refractivity contribution in [3.05, 3.63) is 51.4 Å². The number of ether oxygens (including phenoxy) is 1. The monoisotopic (exact) mass is 357 g/mol. The van der Waals surface area contributed by atoms with E-state index in [1.54, 1.807) is 31.2 Å². The SMILES string of the molecule is CCOc1ccc(NC(=O)Cn2c(C)nc3sc(C)cc3c2=O)cc1. The zero-order chi connectivity index (χ0) is 18.0. The van der Waals surface area contributed by atoms with Gasteiger partial charge >= 0.3 is 0 Å². The van der Waals surface area contributed by atoms with Crippen LogP contribution in [0.4, 0.5) is 5.69 Å². The number of anilines is 1. The highest BCUT2D eigenvalue weighted by Crippen LogP contribution is 2.20. The Balaban J connectivity index is 1.78. The molecule has 0 unspecified atom stereocenters. The third-order valence-electron chi connectivity index (χ3n) is 3.72. The molecule has 0 atom stereocenters. The molecular weight excluding hydrogens is 338 g/mol. The van der Waals surface area contributed by atoms with Gasteiger partial charge in [0.1, 0.15) is 22.9 Å². The Hall–Kier alpha value is -2.67. The predicted octanol–water partition coefficient (Wildman–Crippen LogP) is 3.11. The Morgan fingerprint density at radius 2 is 2.00 bits per heavy atom. The van der Waals surface area contributed by atoms with Crippen molar-refractivity contribution in [1.82, 2.24) is 9.55 Å². The van der Waals surface area contributed by atoms with E-state index in [2.05, 4.69) is 10.3 Å². The van der Waals surface area contributed by atoms with E-state index in [1.807, 2.05) is 19.9 Å². The summed E-state index contributed by atoms with van der Waals surface area (Å²) in [5.41, 5.74) is 0.466. The number of aryl methyl sites for hydroxylation is 2. The summed E-state index contributed by atoms with van der Waals surface area (Å²) in [7, 11) is 0. The van der Waals surface area contributed by atoms with Crippen molar-refractivity contribution >= 4 is 33.1 Å². The van der Waals surface area contributed by atoms with Crippen molar-refractivity contribution in [2.24, 2.45) is 0 Å². The number of hydrogen-bond donors (Lipinski definition) is 1. The van der Waals surface area contributed by atoms with Gasteiger partial charge in [0.15, 0.2) is 0 Å². The fourth-order valence-electron chi connectivity index (χ4n) is 2.57. The molecule has 1 amide bonds. The van der Waals surface area contributed by atoms with Crippen molar-refractivity contribution in [1.29, 1.82) is 0 Å². The Bertz CT molecular complexity index is 974. The summed E-state index contributed by atoms with van der Waals surface area (Å²) in [6.45, 7) is 6.10. The molecule has 1 N–H and O–H groups in total. The summed E-state index contributed by atoms with van der Waals surface area (Å²) in [5, 5.41) is 3.35. The van der Waals surface area contributed by atoms with Crippen LogP contribution in [0.3, 0.4) is 0 Å². The van der Waals surface area contributed by atoms with Gasteiger partial charge in [-0.1, -0.05) is 0 Å². The first kappa shape index (κ1) is 17.2. The largest absolute Gasteiger partial charge is 0.494 e. The molecule has 0 aliphatic rings. The van der Waals surface area contributed by atoms with Gasteiger partial charge in [0.25, 0.3) is 5.56 Å². The van der Waals surface area contributed by atoms with E-state index in [-0.39, 0.29) is 18.0 Å². The van der Waals surface area contributed by atoms with E-state index < -0.39 is 0 Å². The van der Waals surface area contributed by atoms with E-state index in [1.165, 1.54) is 15.9 Å². The minimum atomic E-state index is -0.275. The smallest absolute Gasteiger partial charge is 0.262 e. The highest BCUT2D eigenvalue weighted by Gasteiger charge is 2.13. The van der Waals surface area contributed by atoms with Gasteiger partial charge in [-0.2, -0.15) is 0 Å². The van der Waals surface area contributed by atoms with E-state index in [9.17, 15) is 9.59 Å². The lowest BCUT2D eigenvalue weighted by Crippen LogP contribution is -2.29. The van der Waals surface area contributed by atoms with E-state index in [0.717, 1.165) is 10.6 Å². The van der Waals surface area contributed by atoms with Gasteiger partial charge < -0.3 is 10.1 Å². The van der Waals surface area contributed by atoms with Crippen LogP contribution in [0.15, 0.2) is 35.1 Å². The molecule has 6 nitrogen and oxygen atoms in total. The van der Waals surface area contributed by atoms with Crippen LogP contribution in [-0.4, -0.2) is 22.1 Å². The second-order valence-corrected chi connectivity index (χ2v) is 6.87. The highest BCUT2D eigenvalue weighted by molar-refractivity contribution is 7.18. The summed E-state index contributed by atoms with van der Waals surface area (Å²) in [6.07, 6.45) is 0. The Kier molecular flexibility index (Phi) is 4.85. The maximum Gasteiger partial charge on any atom is 0.262 e. The van der Waals surface area contributed by atoms with Crippen LogP contribution in [0.5, 0.6) is 5.75 Å². The van der Waals surface area contributed by atoms with Crippen LogP contribution in [0.1, 0.15) is 17.6 Å². The summed E-state index contributed by atoms with van der Waals surface area (Å²) < 4.78 is 6.77. The average Bonchev–Trinajstić information content (AvgIpc) is 2.94. The molecule has 0 bridgehead atoms. The third-order valence-corrected chi connectivity index (χ3v) is 4.66. The Morgan fingerprint density at radius 3 is 2.68 bits per heavy atom. The second-order valence-electron chi connectivity index (χ2n) is 5.63. The molecule has 0 spiro atoms. The van der Waals surface area contributed by atoms with Crippen molar-refractivity contribution < 1.29 is 9.53 Å². The van der Waals surface area contributed by atoms with Crippen molar-refractivity contribution in [3.63, 3.8) is 0 Å². The van der Waals surface area contributed by atoms with Crippen molar-refractivity contribution in [2.75, 3.05) is 11.9 Å². The van der Waals surface area contributed by atoms with Crippen LogP contribution in [0.25, 0.3) is 10.2 Å². The molecule has 3 aromatic rings. The number of nitrogens with one attached hydrogen (secondary N) is 1. The second kappa shape index (κ2) is 7.06. The molecule has 0 radical (unpaired) electrons. The molecule has 7 heteroatoms. The number of carbonyl (C=O) groups is 1. The van der Waals surface area contributed by atoms with Gasteiger partial charge in [-0.05, 0) is 51.1 Å². The molecule has 0 aliphatic heterocycles. The number of nitrogens with zero attached hydrogens (tertiary/aromatic N) is 2. The van der Waals surface area contributed by atoms with Crippen LogP contribution in [-0.2, 0) is 11.3 Å². The first-order valence-electron chi connectivity index (χ1n) is 7.98. The molecule has 0 fully saturated rings. The maximum absolute atomic E-state index is 12.6. The van der Waals surface area contributed by atoms with Crippen LogP contribution in [0.2, 0.25) is 0 Å². The summed E-state index contributed by atoms with van der Waals surface area (Å²) in [6, 6.07) is 8.93. The summed E-state index contributed by atoms with van der Waals surface area (Å²) in [4.78, 5) is 31.1. The highest BCUT2D eigenvalue weighted by atomic mass is 32.1. The number of thiophene rings is 1.